The molecule has 1 amide bonds. The fourth-order valence-electron chi connectivity index (χ4n) is 2.50. The van der Waals surface area contributed by atoms with E-state index in [1.54, 1.807) is 49.4 Å². The van der Waals surface area contributed by atoms with Gasteiger partial charge in [0.15, 0.2) is 6.10 Å². The Labute approximate surface area is 184 Å². The molecule has 2 N–H and O–H groups in total. The van der Waals surface area contributed by atoms with Crippen LogP contribution in [0.3, 0.4) is 0 Å². The van der Waals surface area contributed by atoms with Crippen LogP contribution in [0.1, 0.15) is 6.92 Å². The van der Waals surface area contributed by atoms with E-state index < -0.39 is 22.0 Å². The van der Waals surface area contributed by atoms with Crippen molar-refractivity contribution in [2.45, 2.75) is 17.9 Å². The molecule has 156 valence electrons. The number of sulfonamides is 1. The summed E-state index contributed by atoms with van der Waals surface area (Å²) < 4.78 is 33.0. The molecule has 0 aliphatic rings. The monoisotopic (exact) mass is 464 g/mol. The highest BCUT2D eigenvalue weighted by Gasteiger charge is 2.18. The van der Waals surface area contributed by atoms with E-state index in [9.17, 15) is 13.2 Å². The maximum atomic E-state index is 12.5. The lowest BCUT2D eigenvalue weighted by molar-refractivity contribution is -0.122. The summed E-state index contributed by atoms with van der Waals surface area (Å²) in [5.41, 5.74) is 0.887. The SMILES string of the molecule is C[C@H](Oc1ccc(Cl)cc1Cl)C(=O)Nc1ccc(S(=O)(=O)Nc2ccccc2)cc1. The quantitative estimate of drug-likeness (QED) is 0.503. The van der Waals surface area contributed by atoms with Gasteiger partial charge in [0.2, 0.25) is 0 Å². The zero-order valence-electron chi connectivity index (χ0n) is 15.8. The summed E-state index contributed by atoms with van der Waals surface area (Å²) in [4.78, 5) is 12.5. The molecule has 0 spiro atoms. The van der Waals surface area contributed by atoms with Crippen molar-refractivity contribution in [3.63, 3.8) is 0 Å². The molecule has 0 aromatic heterocycles. The summed E-state index contributed by atoms with van der Waals surface area (Å²) >= 11 is 11.9. The van der Waals surface area contributed by atoms with Crippen molar-refractivity contribution in [1.29, 1.82) is 0 Å². The second-order valence-corrected chi connectivity index (χ2v) is 8.85. The molecule has 1 atom stereocenters. The van der Waals surface area contributed by atoms with E-state index in [0.717, 1.165) is 0 Å². The maximum Gasteiger partial charge on any atom is 0.265 e. The van der Waals surface area contributed by atoms with Gasteiger partial charge in [0.25, 0.3) is 15.9 Å². The highest BCUT2D eigenvalue weighted by molar-refractivity contribution is 7.92. The minimum absolute atomic E-state index is 0.0709. The number of benzene rings is 3. The molecule has 0 aliphatic carbocycles. The van der Waals surface area contributed by atoms with E-state index in [1.807, 2.05) is 0 Å². The molecule has 0 bridgehead atoms. The number of hydrogen-bond donors (Lipinski definition) is 2. The predicted octanol–water partition coefficient (Wildman–Crippen LogP) is 5.20. The molecule has 0 aliphatic heterocycles. The van der Waals surface area contributed by atoms with E-state index in [1.165, 1.54) is 30.3 Å². The number of hydrogen-bond acceptors (Lipinski definition) is 4. The zero-order chi connectivity index (χ0) is 21.7. The zero-order valence-corrected chi connectivity index (χ0v) is 18.1. The molecule has 0 heterocycles. The van der Waals surface area contributed by atoms with Crippen molar-refractivity contribution in [2.24, 2.45) is 0 Å². The Morgan fingerprint density at radius 3 is 2.23 bits per heavy atom. The minimum atomic E-state index is -3.74. The molecule has 6 nitrogen and oxygen atoms in total. The summed E-state index contributed by atoms with van der Waals surface area (Å²) in [7, 11) is -3.74. The lowest BCUT2D eigenvalue weighted by atomic mass is 10.3. The summed E-state index contributed by atoms with van der Waals surface area (Å²) in [5, 5.41) is 3.43. The Bertz CT molecular complexity index is 1140. The number of nitrogens with one attached hydrogen (secondary N) is 2. The molecule has 30 heavy (non-hydrogen) atoms. The lowest BCUT2D eigenvalue weighted by Gasteiger charge is -2.16. The van der Waals surface area contributed by atoms with Gasteiger partial charge in [-0.05, 0) is 61.5 Å². The second kappa shape index (κ2) is 9.38. The molecule has 0 fully saturated rings. The highest BCUT2D eigenvalue weighted by atomic mass is 35.5. The van der Waals surface area contributed by atoms with E-state index >= 15 is 0 Å². The van der Waals surface area contributed by atoms with Crippen LogP contribution >= 0.6 is 23.2 Å². The van der Waals surface area contributed by atoms with Crippen LogP contribution in [0.4, 0.5) is 11.4 Å². The van der Waals surface area contributed by atoms with Crippen molar-refractivity contribution in [3.05, 3.63) is 82.8 Å². The first-order valence-electron chi connectivity index (χ1n) is 8.85. The topological polar surface area (TPSA) is 84.5 Å². The molecule has 3 aromatic carbocycles. The number of halogens is 2. The van der Waals surface area contributed by atoms with Crippen LogP contribution < -0.4 is 14.8 Å². The van der Waals surface area contributed by atoms with Crippen molar-refractivity contribution in [1.82, 2.24) is 0 Å². The normalized spacial score (nSPS) is 12.1. The van der Waals surface area contributed by atoms with Crippen LogP contribution in [0.25, 0.3) is 0 Å². The third-order valence-corrected chi connectivity index (χ3v) is 5.95. The first-order valence-corrected chi connectivity index (χ1v) is 11.1. The molecule has 0 saturated heterocycles. The molecule has 0 radical (unpaired) electrons. The van der Waals surface area contributed by atoms with Crippen molar-refractivity contribution < 1.29 is 17.9 Å². The van der Waals surface area contributed by atoms with Gasteiger partial charge < -0.3 is 10.1 Å². The van der Waals surface area contributed by atoms with Gasteiger partial charge in [-0.2, -0.15) is 0 Å². The van der Waals surface area contributed by atoms with Crippen LogP contribution in [-0.2, 0) is 14.8 Å². The van der Waals surface area contributed by atoms with Crippen molar-refractivity contribution in [3.8, 4) is 5.75 Å². The van der Waals surface area contributed by atoms with Crippen molar-refractivity contribution >= 4 is 50.5 Å². The number of rotatable bonds is 7. The summed E-state index contributed by atoms with van der Waals surface area (Å²) in [6.45, 7) is 1.57. The molecular formula is C21H18Cl2N2O4S. The Balaban J connectivity index is 1.64. The van der Waals surface area contributed by atoms with Crippen molar-refractivity contribution in [2.75, 3.05) is 10.0 Å². The fourth-order valence-corrected chi connectivity index (χ4v) is 4.01. The van der Waals surface area contributed by atoms with Gasteiger partial charge >= 0.3 is 0 Å². The van der Waals surface area contributed by atoms with Crippen LogP contribution in [0.2, 0.25) is 10.0 Å². The Morgan fingerprint density at radius 1 is 0.933 bits per heavy atom. The number of amides is 1. The van der Waals surface area contributed by atoms with Gasteiger partial charge in [0.1, 0.15) is 5.75 Å². The predicted molar refractivity (Wildman–Crippen MR) is 119 cm³/mol. The summed E-state index contributed by atoms with van der Waals surface area (Å²) in [6.07, 6.45) is -0.841. The lowest BCUT2D eigenvalue weighted by Crippen LogP contribution is -2.30. The number of carbonyl (C=O) groups is 1. The molecule has 9 heteroatoms. The number of carbonyl (C=O) groups excluding carboxylic acids is 1. The fraction of sp³-hybridized carbons (Fsp3) is 0.0952. The summed E-state index contributed by atoms with van der Waals surface area (Å²) in [6, 6.07) is 19.1. The standard InChI is InChI=1S/C21H18Cl2N2O4S/c1-14(29-20-12-7-15(22)13-19(20)23)21(26)24-16-8-10-18(11-9-16)30(27,28)25-17-5-3-2-4-6-17/h2-14,25H,1H3,(H,24,26)/t14-/m0/s1. The smallest absolute Gasteiger partial charge is 0.265 e. The molecule has 3 aromatic rings. The van der Waals surface area contributed by atoms with E-state index in [2.05, 4.69) is 10.0 Å². The van der Waals surface area contributed by atoms with E-state index in [0.29, 0.717) is 27.2 Å². The van der Waals surface area contributed by atoms with Gasteiger partial charge in [-0.25, -0.2) is 8.42 Å². The van der Waals surface area contributed by atoms with Crippen LogP contribution in [-0.4, -0.2) is 20.4 Å². The van der Waals surface area contributed by atoms with Gasteiger partial charge in [-0.1, -0.05) is 41.4 Å². The van der Waals surface area contributed by atoms with Gasteiger partial charge in [0.05, 0.1) is 9.92 Å². The van der Waals surface area contributed by atoms with Crippen LogP contribution in [0.5, 0.6) is 5.75 Å². The van der Waals surface area contributed by atoms with Gasteiger partial charge in [0, 0.05) is 16.4 Å². The highest BCUT2D eigenvalue weighted by Crippen LogP contribution is 2.28. The van der Waals surface area contributed by atoms with E-state index in [4.69, 9.17) is 27.9 Å². The Morgan fingerprint density at radius 2 is 1.60 bits per heavy atom. The average molecular weight is 465 g/mol. The largest absolute Gasteiger partial charge is 0.479 e. The number of anilines is 2. The molecule has 3 rings (SSSR count). The summed E-state index contributed by atoms with van der Waals surface area (Å²) in [5.74, 6) is -0.0869. The second-order valence-electron chi connectivity index (χ2n) is 6.32. The number of ether oxygens (including phenoxy) is 1. The Hall–Kier alpha value is -2.74. The van der Waals surface area contributed by atoms with Crippen LogP contribution in [0, 0.1) is 0 Å². The number of para-hydroxylation sites is 1. The van der Waals surface area contributed by atoms with Crippen LogP contribution in [0.15, 0.2) is 77.7 Å². The molecule has 0 unspecified atom stereocenters. The minimum Gasteiger partial charge on any atom is -0.479 e. The van der Waals surface area contributed by atoms with Gasteiger partial charge in [-0.15, -0.1) is 0 Å². The first kappa shape index (κ1) is 22.0. The molecule has 0 saturated carbocycles. The van der Waals surface area contributed by atoms with E-state index in [-0.39, 0.29) is 4.90 Å². The Kier molecular flexibility index (Phi) is 6.87. The third kappa shape index (κ3) is 5.66. The third-order valence-electron chi connectivity index (χ3n) is 4.03. The van der Waals surface area contributed by atoms with Gasteiger partial charge in [-0.3, -0.25) is 9.52 Å². The average Bonchev–Trinajstić information content (AvgIpc) is 2.71. The molecular weight excluding hydrogens is 447 g/mol. The maximum absolute atomic E-state index is 12.5. The first-order chi connectivity index (χ1) is 14.2.